The van der Waals surface area contributed by atoms with E-state index in [-0.39, 0.29) is 0 Å². The first-order chi connectivity index (χ1) is 7.24. The van der Waals surface area contributed by atoms with Crippen molar-refractivity contribution >= 4 is 8.07 Å². The van der Waals surface area contributed by atoms with Crippen LogP contribution in [0.15, 0.2) is 12.3 Å². The van der Waals surface area contributed by atoms with Crippen molar-refractivity contribution in [3.8, 4) is 0 Å². The third-order valence-electron chi connectivity index (χ3n) is 3.52. The summed E-state index contributed by atoms with van der Waals surface area (Å²) in [6, 6.07) is 4.48. The Morgan fingerprint density at radius 3 is 1.33 bits per heavy atom. The van der Waals surface area contributed by atoms with Crippen LogP contribution in [0.2, 0.25) is 18.1 Å². The molecule has 0 aromatic heterocycles. The Bertz CT molecular complexity index is 130. The van der Waals surface area contributed by atoms with Crippen LogP contribution < -0.4 is 0 Å². The number of hydrogen-bond donors (Lipinski definition) is 0. The van der Waals surface area contributed by atoms with Gasteiger partial charge < -0.3 is 0 Å². The molecule has 15 heavy (non-hydrogen) atoms. The Morgan fingerprint density at radius 1 is 0.800 bits per heavy atom. The summed E-state index contributed by atoms with van der Waals surface area (Å²) in [6.07, 6.45) is 8.31. The van der Waals surface area contributed by atoms with E-state index in [2.05, 4.69) is 33.0 Å². The quantitative estimate of drug-likeness (QED) is 0.428. The molecule has 0 amide bonds. The van der Waals surface area contributed by atoms with Crippen molar-refractivity contribution in [2.75, 3.05) is 0 Å². The van der Waals surface area contributed by atoms with Crippen molar-refractivity contribution in [1.29, 1.82) is 0 Å². The maximum Gasteiger partial charge on any atom is 0.0770 e. The van der Waals surface area contributed by atoms with E-state index in [0.717, 1.165) is 0 Å². The molecule has 0 aliphatic carbocycles. The van der Waals surface area contributed by atoms with Crippen LogP contribution in [0, 0.1) is 0 Å². The van der Waals surface area contributed by atoms with Crippen molar-refractivity contribution in [2.45, 2.75) is 77.4 Å². The molecule has 0 nitrogen and oxygen atoms in total. The van der Waals surface area contributed by atoms with Crippen LogP contribution in [0.3, 0.4) is 0 Å². The van der Waals surface area contributed by atoms with Gasteiger partial charge >= 0.3 is 0 Å². The molecule has 0 spiro atoms. The highest BCUT2D eigenvalue weighted by molar-refractivity contribution is 6.84. The minimum atomic E-state index is -1.07. The van der Waals surface area contributed by atoms with Crippen molar-refractivity contribution in [3.63, 3.8) is 0 Å². The summed E-state index contributed by atoms with van der Waals surface area (Å²) in [5, 5.41) is 0. The van der Waals surface area contributed by atoms with Gasteiger partial charge in [-0.3, -0.25) is 0 Å². The Kier molecular flexibility index (Phi) is 9.18. The summed E-state index contributed by atoms with van der Waals surface area (Å²) in [6.45, 7) is 11.1. The second-order valence-corrected chi connectivity index (χ2v) is 9.51. The van der Waals surface area contributed by atoms with Crippen molar-refractivity contribution < 1.29 is 0 Å². The molecule has 0 aliphatic heterocycles. The van der Waals surface area contributed by atoms with E-state index >= 15 is 0 Å². The maximum atomic E-state index is 4.15. The molecular formula is C14H30Si. The normalized spacial score (nSPS) is 11.7. The molecule has 0 unspecified atom stereocenters. The van der Waals surface area contributed by atoms with Gasteiger partial charge in [0.15, 0.2) is 0 Å². The highest BCUT2D eigenvalue weighted by Crippen LogP contribution is 2.29. The van der Waals surface area contributed by atoms with Gasteiger partial charge in [-0.25, -0.2) is 0 Å². The van der Waals surface area contributed by atoms with Crippen LogP contribution in [0.25, 0.3) is 0 Å². The van der Waals surface area contributed by atoms with E-state index in [0.29, 0.717) is 0 Å². The summed E-state index contributed by atoms with van der Waals surface area (Å²) in [5.41, 5.74) is 2.40. The number of hydrogen-bond acceptors (Lipinski definition) is 0. The van der Waals surface area contributed by atoms with Crippen LogP contribution in [-0.4, -0.2) is 8.07 Å². The monoisotopic (exact) mass is 226 g/mol. The molecule has 0 saturated heterocycles. The summed E-state index contributed by atoms with van der Waals surface area (Å²) in [4.78, 5) is 0. The van der Waals surface area contributed by atoms with Crippen LogP contribution >= 0.6 is 0 Å². The first kappa shape index (κ1) is 15.0. The van der Waals surface area contributed by atoms with Gasteiger partial charge in [-0.2, -0.15) is 0 Å². The molecule has 0 radical (unpaired) electrons. The van der Waals surface area contributed by atoms with E-state index < -0.39 is 8.07 Å². The van der Waals surface area contributed by atoms with Gasteiger partial charge in [0, 0.05) is 0 Å². The predicted octanol–water partition coefficient (Wildman–Crippen LogP) is 5.56. The second kappa shape index (κ2) is 9.20. The Morgan fingerprint density at radius 2 is 1.13 bits per heavy atom. The minimum absolute atomic E-state index is 1.07. The zero-order valence-corrected chi connectivity index (χ0v) is 12.1. The molecule has 0 heterocycles. The second-order valence-electron chi connectivity index (χ2n) is 4.88. The van der Waals surface area contributed by atoms with E-state index in [1.807, 2.05) is 0 Å². The highest BCUT2D eigenvalue weighted by Gasteiger charge is 2.26. The first-order valence-electron chi connectivity index (χ1n) is 6.88. The molecule has 0 rings (SSSR count). The Labute approximate surface area is 98.2 Å². The third-order valence-corrected chi connectivity index (χ3v) is 8.43. The first-order valence-corrected chi connectivity index (χ1v) is 9.58. The van der Waals surface area contributed by atoms with Gasteiger partial charge in [0.25, 0.3) is 0 Å². The average molecular weight is 226 g/mol. The zero-order chi connectivity index (χ0) is 11.6. The van der Waals surface area contributed by atoms with Crippen molar-refractivity contribution in [1.82, 2.24) is 0 Å². The molecule has 0 saturated carbocycles. The fourth-order valence-corrected chi connectivity index (χ4v) is 6.80. The lowest BCUT2D eigenvalue weighted by Crippen LogP contribution is -2.31. The summed E-state index contributed by atoms with van der Waals surface area (Å²) in [7, 11) is -1.07. The van der Waals surface area contributed by atoms with Gasteiger partial charge in [0.2, 0.25) is 0 Å². The van der Waals surface area contributed by atoms with E-state index in [1.165, 1.54) is 56.7 Å². The lowest BCUT2D eigenvalue weighted by atomic mass is 10.4. The Hall–Kier alpha value is -0.0431. The molecule has 1 heteroatoms. The van der Waals surface area contributed by atoms with Gasteiger partial charge in [0.05, 0.1) is 8.07 Å². The summed E-state index contributed by atoms with van der Waals surface area (Å²) >= 11 is 0. The lowest BCUT2D eigenvalue weighted by Gasteiger charge is -2.28. The van der Waals surface area contributed by atoms with E-state index in [4.69, 9.17) is 0 Å². The largest absolute Gasteiger partial charge is 0.107 e. The summed E-state index contributed by atoms with van der Waals surface area (Å²) in [5.74, 6) is 0. The standard InChI is InChI=1S/C14H30Si/c1-5-9-12-15(8-4,13-10-6-2)14-11-7-3/h8H,4-7,9-14H2,1-3H3. The molecule has 90 valence electrons. The molecule has 0 aliphatic rings. The van der Waals surface area contributed by atoms with E-state index in [1.54, 1.807) is 0 Å². The van der Waals surface area contributed by atoms with Gasteiger partial charge in [-0.05, 0) is 0 Å². The third kappa shape index (κ3) is 6.19. The average Bonchev–Trinajstić information content (AvgIpc) is 2.29. The predicted molar refractivity (Wildman–Crippen MR) is 75.1 cm³/mol. The van der Waals surface area contributed by atoms with Crippen LogP contribution in [0.4, 0.5) is 0 Å². The summed E-state index contributed by atoms with van der Waals surface area (Å²) < 4.78 is 0. The highest BCUT2D eigenvalue weighted by atomic mass is 28.3. The Balaban J connectivity index is 4.23. The smallest absolute Gasteiger partial charge is 0.0770 e. The van der Waals surface area contributed by atoms with Gasteiger partial charge in [0.1, 0.15) is 0 Å². The number of rotatable bonds is 10. The maximum absolute atomic E-state index is 4.15. The molecule has 0 fully saturated rings. The van der Waals surface area contributed by atoms with Gasteiger partial charge in [-0.1, -0.05) is 77.4 Å². The molecule has 0 atom stereocenters. The fourth-order valence-electron chi connectivity index (χ4n) is 2.27. The SMILES string of the molecule is C=C[Si](CCCC)(CCCC)CCCC. The minimum Gasteiger partial charge on any atom is -0.107 e. The lowest BCUT2D eigenvalue weighted by molar-refractivity contribution is 0.800. The molecule has 0 aromatic carbocycles. The molecule has 0 bridgehead atoms. The van der Waals surface area contributed by atoms with Crippen molar-refractivity contribution in [2.24, 2.45) is 0 Å². The van der Waals surface area contributed by atoms with Crippen LogP contribution in [0.1, 0.15) is 59.3 Å². The molecule has 0 aromatic rings. The fraction of sp³-hybridized carbons (Fsp3) is 0.857. The van der Waals surface area contributed by atoms with Crippen molar-refractivity contribution in [3.05, 3.63) is 12.3 Å². The zero-order valence-electron chi connectivity index (χ0n) is 11.1. The molecular weight excluding hydrogens is 196 g/mol. The van der Waals surface area contributed by atoms with Crippen LogP contribution in [0.5, 0.6) is 0 Å². The topological polar surface area (TPSA) is 0 Å². The number of unbranched alkanes of at least 4 members (excludes halogenated alkanes) is 3. The molecule has 0 N–H and O–H groups in total. The van der Waals surface area contributed by atoms with Crippen LogP contribution in [-0.2, 0) is 0 Å². The van der Waals surface area contributed by atoms with E-state index in [9.17, 15) is 0 Å². The van der Waals surface area contributed by atoms with Gasteiger partial charge in [-0.15, -0.1) is 12.3 Å².